The van der Waals surface area contributed by atoms with Crippen LogP contribution in [0.2, 0.25) is 0 Å². The fourth-order valence-corrected chi connectivity index (χ4v) is 1.35. The summed E-state index contributed by atoms with van der Waals surface area (Å²) < 4.78 is 5.29. The summed E-state index contributed by atoms with van der Waals surface area (Å²) in [5.74, 6) is -0.0550. The van der Waals surface area contributed by atoms with Gasteiger partial charge in [0.2, 0.25) is 0 Å². The van der Waals surface area contributed by atoms with E-state index in [9.17, 15) is 4.79 Å². The monoisotopic (exact) mass is 199 g/mol. The molecule has 0 aromatic heterocycles. The van der Waals surface area contributed by atoms with Gasteiger partial charge in [0.05, 0.1) is 0 Å². The summed E-state index contributed by atoms with van der Waals surface area (Å²) in [7, 11) is 0. The molecule has 2 nitrogen and oxygen atoms in total. The summed E-state index contributed by atoms with van der Waals surface area (Å²) in [5.41, 5.74) is 0. The molecule has 0 bridgehead atoms. The van der Waals surface area contributed by atoms with E-state index < -0.39 is 0 Å². The number of unbranched alkanes of at least 4 members (excludes halogenated alkanes) is 2. The van der Waals surface area contributed by atoms with Crippen LogP contribution in [0.1, 0.15) is 58.8 Å². The number of hydrogen-bond donors (Lipinski definition) is 0. The molecule has 83 valence electrons. The molecule has 0 heterocycles. The molecule has 2 heteroatoms. The van der Waals surface area contributed by atoms with Gasteiger partial charge in [-0.3, -0.25) is 4.79 Å². The Bertz CT molecular complexity index is 143. The van der Waals surface area contributed by atoms with Crippen molar-refractivity contribution in [1.29, 1.82) is 0 Å². The van der Waals surface area contributed by atoms with Gasteiger partial charge in [0.1, 0.15) is 6.10 Å². The summed E-state index contributed by atoms with van der Waals surface area (Å²) in [5, 5.41) is 0. The van der Waals surface area contributed by atoms with E-state index in [1.165, 1.54) is 0 Å². The van der Waals surface area contributed by atoms with Crippen LogP contribution in [0.4, 0.5) is 0 Å². The molecule has 0 fully saturated rings. The molecule has 0 aromatic rings. The Balaban J connectivity index is 3.56. The number of hydrogen-bond acceptors (Lipinski definition) is 2. The molecule has 1 atom stereocenters. The molecule has 0 rings (SSSR count). The SMILES string of the molecule is [CH2]CC(CCC)OC(=O)CCCCC. The van der Waals surface area contributed by atoms with Gasteiger partial charge in [-0.2, -0.15) is 0 Å². The maximum absolute atomic E-state index is 11.3. The van der Waals surface area contributed by atoms with Crippen molar-refractivity contribution < 1.29 is 9.53 Å². The number of rotatable bonds is 8. The standard InChI is InChI=1S/C12H23O2/c1-4-7-8-10-12(13)14-11(6-3)9-5-2/h11H,3-10H2,1-2H3. The molecule has 0 saturated carbocycles. The Morgan fingerprint density at radius 3 is 2.50 bits per heavy atom. The Morgan fingerprint density at radius 2 is 2.00 bits per heavy atom. The summed E-state index contributed by atoms with van der Waals surface area (Å²) in [6.07, 6.45) is 6.46. The predicted molar refractivity (Wildman–Crippen MR) is 58.9 cm³/mol. The third-order valence-corrected chi connectivity index (χ3v) is 2.22. The normalized spacial score (nSPS) is 12.5. The second kappa shape index (κ2) is 9.04. The lowest BCUT2D eigenvalue weighted by molar-refractivity contribution is -0.149. The van der Waals surface area contributed by atoms with Crippen molar-refractivity contribution in [3.8, 4) is 0 Å². The Kier molecular flexibility index (Phi) is 8.70. The first-order valence-corrected chi connectivity index (χ1v) is 5.73. The highest BCUT2D eigenvalue weighted by Gasteiger charge is 2.10. The lowest BCUT2D eigenvalue weighted by atomic mass is 10.1. The molecule has 0 spiro atoms. The van der Waals surface area contributed by atoms with Crippen molar-refractivity contribution in [1.82, 2.24) is 0 Å². The molecule has 0 amide bonds. The molecule has 0 saturated heterocycles. The topological polar surface area (TPSA) is 26.3 Å². The largest absolute Gasteiger partial charge is 0.462 e. The highest BCUT2D eigenvalue weighted by molar-refractivity contribution is 5.69. The Morgan fingerprint density at radius 1 is 1.29 bits per heavy atom. The smallest absolute Gasteiger partial charge is 0.306 e. The van der Waals surface area contributed by atoms with Gasteiger partial charge in [-0.1, -0.05) is 33.1 Å². The van der Waals surface area contributed by atoms with Crippen LogP contribution < -0.4 is 0 Å². The quantitative estimate of drug-likeness (QED) is 0.442. The second-order valence-electron chi connectivity index (χ2n) is 3.65. The van der Waals surface area contributed by atoms with Crippen LogP contribution in [0.15, 0.2) is 0 Å². The molecule has 1 radical (unpaired) electrons. The van der Waals surface area contributed by atoms with Crippen LogP contribution >= 0.6 is 0 Å². The van der Waals surface area contributed by atoms with Crippen LogP contribution in [0.3, 0.4) is 0 Å². The van der Waals surface area contributed by atoms with Gasteiger partial charge >= 0.3 is 5.97 Å². The highest BCUT2D eigenvalue weighted by atomic mass is 16.5. The van der Waals surface area contributed by atoms with Crippen molar-refractivity contribution in [2.24, 2.45) is 0 Å². The highest BCUT2D eigenvalue weighted by Crippen LogP contribution is 2.09. The molecular weight excluding hydrogens is 176 g/mol. The van der Waals surface area contributed by atoms with E-state index in [-0.39, 0.29) is 12.1 Å². The number of carbonyl (C=O) groups excluding carboxylic acids is 1. The zero-order valence-corrected chi connectivity index (χ0v) is 9.55. The molecule has 14 heavy (non-hydrogen) atoms. The van der Waals surface area contributed by atoms with Crippen molar-refractivity contribution in [3.05, 3.63) is 6.92 Å². The van der Waals surface area contributed by atoms with Gasteiger partial charge in [-0.25, -0.2) is 0 Å². The first kappa shape index (κ1) is 13.5. The zero-order valence-electron chi connectivity index (χ0n) is 9.55. The maximum Gasteiger partial charge on any atom is 0.306 e. The number of carbonyl (C=O) groups is 1. The lowest BCUT2D eigenvalue weighted by Crippen LogP contribution is -2.17. The summed E-state index contributed by atoms with van der Waals surface area (Å²) in [6, 6.07) is 0. The van der Waals surface area contributed by atoms with Crippen LogP contribution in [-0.4, -0.2) is 12.1 Å². The average molecular weight is 199 g/mol. The van der Waals surface area contributed by atoms with Gasteiger partial charge in [0.15, 0.2) is 0 Å². The minimum absolute atomic E-state index is 0.0362. The number of ether oxygens (including phenoxy) is 1. The van der Waals surface area contributed by atoms with E-state index in [4.69, 9.17) is 4.74 Å². The fraction of sp³-hybridized carbons (Fsp3) is 0.833. The van der Waals surface area contributed by atoms with Gasteiger partial charge in [0, 0.05) is 6.42 Å². The first-order chi connectivity index (χ1) is 6.74. The van der Waals surface area contributed by atoms with Crippen molar-refractivity contribution in [2.45, 2.75) is 64.9 Å². The maximum atomic E-state index is 11.3. The predicted octanol–water partition coefficient (Wildman–Crippen LogP) is 3.50. The summed E-state index contributed by atoms with van der Waals surface area (Å²) in [6.45, 7) is 7.99. The van der Waals surface area contributed by atoms with Crippen LogP contribution in [0.5, 0.6) is 0 Å². The lowest BCUT2D eigenvalue weighted by Gasteiger charge is -2.14. The summed E-state index contributed by atoms with van der Waals surface area (Å²) in [4.78, 5) is 11.3. The van der Waals surface area contributed by atoms with Crippen molar-refractivity contribution in [2.75, 3.05) is 0 Å². The van der Waals surface area contributed by atoms with E-state index in [1.54, 1.807) is 0 Å². The van der Waals surface area contributed by atoms with E-state index in [1.807, 2.05) is 0 Å². The van der Waals surface area contributed by atoms with Crippen LogP contribution in [-0.2, 0) is 9.53 Å². The third kappa shape index (κ3) is 6.93. The zero-order chi connectivity index (χ0) is 10.8. The van der Waals surface area contributed by atoms with Crippen LogP contribution in [0, 0.1) is 6.92 Å². The van der Waals surface area contributed by atoms with Gasteiger partial charge in [0.25, 0.3) is 0 Å². The molecule has 0 N–H and O–H groups in total. The first-order valence-electron chi connectivity index (χ1n) is 5.73. The molecule has 0 aromatic carbocycles. The van der Waals surface area contributed by atoms with E-state index in [0.29, 0.717) is 12.8 Å². The molecule has 0 aliphatic rings. The van der Waals surface area contributed by atoms with E-state index in [2.05, 4.69) is 20.8 Å². The fourth-order valence-electron chi connectivity index (χ4n) is 1.35. The van der Waals surface area contributed by atoms with Crippen LogP contribution in [0.25, 0.3) is 0 Å². The average Bonchev–Trinajstić information content (AvgIpc) is 2.17. The molecular formula is C12H23O2. The third-order valence-electron chi connectivity index (χ3n) is 2.22. The van der Waals surface area contributed by atoms with Gasteiger partial charge < -0.3 is 4.74 Å². The summed E-state index contributed by atoms with van der Waals surface area (Å²) >= 11 is 0. The van der Waals surface area contributed by atoms with Gasteiger partial charge in [-0.15, -0.1) is 0 Å². The Labute approximate surface area is 88.0 Å². The van der Waals surface area contributed by atoms with Gasteiger partial charge in [-0.05, 0) is 26.2 Å². The molecule has 0 aliphatic heterocycles. The minimum Gasteiger partial charge on any atom is -0.462 e. The van der Waals surface area contributed by atoms with E-state index >= 15 is 0 Å². The molecule has 1 unspecified atom stereocenters. The molecule has 0 aliphatic carbocycles. The van der Waals surface area contributed by atoms with E-state index in [0.717, 1.165) is 32.1 Å². The Hall–Kier alpha value is -0.530. The minimum atomic E-state index is -0.0550. The number of esters is 1. The van der Waals surface area contributed by atoms with Crippen molar-refractivity contribution in [3.63, 3.8) is 0 Å². The second-order valence-corrected chi connectivity index (χ2v) is 3.65. The van der Waals surface area contributed by atoms with Crippen molar-refractivity contribution >= 4 is 5.97 Å².